The number of amides is 1. The molecule has 1 heterocycles. The molecule has 0 atom stereocenters. The highest BCUT2D eigenvalue weighted by Gasteiger charge is 2.24. The Hall–Kier alpha value is -3.92. The monoisotopic (exact) mass is 575 g/mol. The molecule has 3 aromatic rings. The molecule has 3 aromatic carbocycles. The van der Waals surface area contributed by atoms with Crippen LogP contribution in [0.5, 0.6) is 11.5 Å². The van der Waals surface area contributed by atoms with E-state index in [1.54, 1.807) is 35.3 Å². The van der Waals surface area contributed by atoms with Crippen LogP contribution in [0.15, 0.2) is 78.9 Å². The third-order valence-corrected chi connectivity index (χ3v) is 7.27. The van der Waals surface area contributed by atoms with Gasteiger partial charge >= 0.3 is 0 Å². The van der Waals surface area contributed by atoms with Gasteiger partial charge in [-0.05, 0) is 66.9 Å². The van der Waals surface area contributed by atoms with Crippen LogP contribution in [0.3, 0.4) is 0 Å². The SMILES string of the molecule is C=CCc1cc(/C=C(/C#N)C(=O)N2CCN(c3ccccc3)CC2)cc(OCC)c1OCc1ccc(Cl)c(Cl)c1. The molecule has 1 fully saturated rings. The van der Waals surface area contributed by atoms with Gasteiger partial charge in [0.15, 0.2) is 11.5 Å². The summed E-state index contributed by atoms with van der Waals surface area (Å²) in [6.45, 7) is 8.93. The Balaban J connectivity index is 1.55. The fraction of sp³-hybridized carbons (Fsp3) is 0.250. The molecule has 1 saturated heterocycles. The summed E-state index contributed by atoms with van der Waals surface area (Å²) in [7, 11) is 0. The summed E-state index contributed by atoms with van der Waals surface area (Å²) in [5.41, 5.74) is 3.56. The number of allylic oxidation sites excluding steroid dienone is 1. The molecular formula is C32H31Cl2N3O3. The zero-order valence-electron chi connectivity index (χ0n) is 22.4. The highest BCUT2D eigenvalue weighted by atomic mass is 35.5. The van der Waals surface area contributed by atoms with Gasteiger partial charge in [0.25, 0.3) is 5.91 Å². The van der Waals surface area contributed by atoms with Crippen LogP contribution in [-0.2, 0) is 17.8 Å². The maximum atomic E-state index is 13.3. The summed E-state index contributed by atoms with van der Waals surface area (Å²) in [5, 5.41) is 10.8. The van der Waals surface area contributed by atoms with Crippen LogP contribution < -0.4 is 14.4 Å². The van der Waals surface area contributed by atoms with Crippen molar-refractivity contribution in [2.24, 2.45) is 0 Å². The molecule has 0 radical (unpaired) electrons. The van der Waals surface area contributed by atoms with Crippen LogP contribution in [0.2, 0.25) is 10.0 Å². The Morgan fingerprint density at radius 3 is 2.42 bits per heavy atom. The topological polar surface area (TPSA) is 65.8 Å². The summed E-state index contributed by atoms with van der Waals surface area (Å²) in [6.07, 6.45) is 3.90. The van der Waals surface area contributed by atoms with Crippen molar-refractivity contribution in [3.63, 3.8) is 0 Å². The van der Waals surface area contributed by atoms with Crippen molar-refractivity contribution < 1.29 is 14.3 Å². The van der Waals surface area contributed by atoms with Gasteiger partial charge in [0.1, 0.15) is 18.2 Å². The van der Waals surface area contributed by atoms with Crippen molar-refractivity contribution in [3.8, 4) is 17.6 Å². The van der Waals surface area contributed by atoms with Gasteiger partial charge in [-0.15, -0.1) is 6.58 Å². The average molecular weight is 577 g/mol. The number of hydrogen-bond donors (Lipinski definition) is 0. The van der Waals surface area contributed by atoms with E-state index in [2.05, 4.69) is 29.7 Å². The number of hydrogen-bond acceptors (Lipinski definition) is 5. The minimum Gasteiger partial charge on any atom is -0.490 e. The fourth-order valence-corrected chi connectivity index (χ4v) is 4.89. The van der Waals surface area contributed by atoms with Crippen molar-refractivity contribution in [2.75, 3.05) is 37.7 Å². The minimum atomic E-state index is -0.279. The summed E-state index contributed by atoms with van der Waals surface area (Å²) >= 11 is 12.2. The van der Waals surface area contributed by atoms with Crippen LogP contribution >= 0.6 is 23.2 Å². The molecule has 206 valence electrons. The van der Waals surface area contributed by atoms with Gasteiger partial charge in [-0.2, -0.15) is 5.26 Å². The second-order valence-corrected chi connectivity index (χ2v) is 10.1. The molecular weight excluding hydrogens is 545 g/mol. The van der Waals surface area contributed by atoms with Gasteiger partial charge in [0, 0.05) is 37.4 Å². The number of anilines is 1. The Bertz CT molecular complexity index is 1430. The molecule has 6 nitrogen and oxygen atoms in total. The van der Waals surface area contributed by atoms with E-state index in [1.807, 2.05) is 37.3 Å². The van der Waals surface area contributed by atoms with Gasteiger partial charge in [-0.1, -0.05) is 53.5 Å². The van der Waals surface area contributed by atoms with E-state index in [-0.39, 0.29) is 18.1 Å². The molecule has 1 aliphatic heterocycles. The van der Waals surface area contributed by atoms with Crippen molar-refractivity contribution >= 4 is 40.9 Å². The Morgan fingerprint density at radius 1 is 1.02 bits per heavy atom. The maximum absolute atomic E-state index is 13.3. The number of carbonyl (C=O) groups excluding carboxylic acids is 1. The zero-order valence-corrected chi connectivity index (χ0v) is 23.9. The van der Waals surface area contributed by atoms with E-state index >= 15 is 0 Å². The lowest BCUT2D eigenvalue weighted by Crippen LogP contribution is -2.49. The number of rotatable bonds is 10. The molecule has 0 N–H and O–H groups in total. The molecule has 0 saturated carbocycles. The first-order valence-corrected chi connectivity index (χ1v) is 13.9. The molecule has 0 aromatic heterocycles. The third-order valence-electron chi connectivity index (χ3n) is 6.54. The molecule has 1 aliphatic rings. The molecule has 8 heteroatoms. The van der Waals surface area contributed by atoms with Crippen molar-refractivity contribution in [2.45, 2.75) is 20.0 Å². The molecule has 1 amide bonds. The number of para-hydroxylation sites is 1. The smallest absolute Gasteiger partial charge is 0.264 e. The van der Waals surface area contributed by atoms with Gasteiger partial charge in [0.05, 0.1) is 16.7 Å². The van der Waals surface area contributed by atoms with E-state index in [9.17, 15) is 10.1 Å². The standard InChI is InChI=1S/C32H31Cl2N3O3/c1-3-8-25-17-24(20-30(39-4-2)31(25)40-22-23-11-12-28(33)29(34)19-23)18-26(21-35)32(38)37-15-13-36(14-16-37)27-9-6-5-7-10-27/h3,5-7,9-12,17-20H,1,4,8,13-16,22H2,2H3/b26-18-. The maximum Gasteiger partial charge on any atom is 0.264 e. The van der Waals surface area contributed by atoms with Gasteiger partial charge in [-0.25, -0.2) is 0 Å². The Morgan fingerprint density at radius 2 is 1.77 bits per heavy atom. The van der Waals surface area contributed by atoms with E-state index in [1.165, 1.54) is 0 Å². The minimum absolute atomic E-state index is 0.0737. The van der Waals surface area contributed by atoms with Crippen LogP contribution in [-0.4, -0.2) is 43.6 Å². The largest absolute Gasteiger partial charge is 0.490 e. The summed E-state index contributed by atoms with van der Waals surface area (Å²) in [4.78, 5) is 17.3. The first-order valence-electron chi connectivity index (χ1n) is 13.1. The Labute approximate surface area is 245 Å². The number of benzene rings is 3. The predicted molar refractivity (Wildman–Crippen MR) is 161 cm³/mol. The molecule has 0 aliphatic carbocycles. The lowest BCUT2D eigenvalue weighted by Gasteiger charge is -2.36. The molecule has 40 heavy (non-hydrogen) atoms. The van der Waals surface area contributed by atoms with Gasteiger partial charge < -0.3 is 19.3 Å². The normalized spacial score (nSPS) is 13.5. The first-order chi connectivity index (χ1) is 19.4. The number of nitrogens with zero attached hydrogens (tertiary/aromatic N) is 3. The van der Waals surface area contributed by atoms with Crippen LogP contribution in [0.4, 0.5) is 5.69 Å². The zero-order chi connectivity index (χ0) is 28.5. The fourth-order valence-electron chi connectivity index (χ4n) is 4.57. The number of piperazine rings is 1. The quantitative estimate of drug-likeness (QED) is 0.148. The summed E-state index contributed by atoms with van der Waals surface area (Å²) in [5.74, 6) is 0.819. The summed E-state index contributed by atoms with van der Waals surface area (Å²) < 4.78 is 12.1. The third kappa shape index (κ3) is 7.18. The van der Waals surface area contributed by atoms with Crippen molar-refractivity contribution in [3.05, 3.63) is 106 Å². The molecule has 0 bridgehead atoms. The second-order valence-electron chi connectivity index (χ2n) is 9.25. The lowest BCUT2D eigenvalue weighted by atomic mass is 10.0. The second kappa shape index (κ2) is 13.9. The highest BCUT2D eigenvalue weighted by molar-refractivity contribution is 6.42. The number of nitriles is 1. The average Bonchev–Trinajstić information content (AvgIpc) is 2.98. The van der Waals surface area contributed by atoms with Crippen molar-refractivity contribution in [1.82, 2.24) is 4.90 Å². The van der Waals surface area contributed by atoms with Crippen LogP contribution in [0.25, 0.3) is 6.08 Å². The first kappa shape index (κ1) is 29.1. The number of ether oxygens (including phenoxy) is 2. The predicted octanol–water partition coefficient (Wildman–Crippen LogP) is 6.96. The van der Waals surface area contributed by atoms with Crippen molar-refractivity contribution in [1.29, 1.82) is 5.26 Å². The lowest BCUT2D eigenvalue weighted by molar-refractivity contribution is -0.126. The molecule has 0 spiro atoms. The number of halogens is 2. The summed E-state index contributed by atoms with van der Waals surface area (Å²) in [6, 6.07) is 21.3. The van der Waals surface area contributed by atoms with Crippen LogP contribution in [0, 0.1) is 11.3 Å². The van der Waals surface area contributed by atoms with Crippen LogP contribution in [0.1, 0.15) is 23.6 Å². The Kier molecular flexibility index (Phi) is 10.1. The molecule has 0 unspecified atom stereocenters. The van der Waals surface area contributed by atoms with Gasteiger partial charge in [0.2, 0.25) is 0 Å². The van der Waals surface area contributed by atoms with E-state index in [0.717, 1.165) is 16.8 Å². The van der Waals surface area contributed by atoms with E-state index < -0.39 is 0 Å². The van der Waals surface area contributed by atoms with Gasteiger partial charge in [-0.3, -0.25) is 4.79 Å². The number of carbonyl (C=O) groups is 1. The highest BCUT2D eigenvalue weighted by Crippen LogP contribution is 2.36. The van der Waals surface area contributed by atoms with E-state index in [4.69, 9.17) is 32.7 Å². The van der Waals surface area contributed by atoms with E-state index in [0.29, 0.717) is 66.3 Å². The molecule has 4 rings (SSSR count).